The Hall–Kier alpha value is -0.510. The minimum Gasteiger partial charge on any atom is -0.338 e. The normalized spacial score (nSPS) is 10.1. The van der Waals surface area contributed by atoms with Crippen molar-refractivity contribution in [3.8, 4) is 0 Å². The van der Waals surface area contributed by atoms with E-state index < -0.39 is 8.25 Å². The van der Waals surface area contributed by atoms with Gasteiger partial charge in [-0.05, 0) is 41.5 Å². The van der Waals surface area contributed by atoms with Gasteiger partial charge in [0.1, 0.15) is 13.2 Å². The van der Waals surface area contributed by atoms with Gasteiger partial charge in [-0.2, -0.15) is 0 Å². The van der Waals surface area contributed by atoms with Crippen LogP contribution in [0.4, 0.5) is 0 Å². The molecule has 0 spiro atoms. The second kappa shape index (κ2) is 11.6. The molecular formula is C12H27NO4P+. The van der Waals surface area contributed by atoms with Crippen LogP contribution in [0.15, 0.2) is 0 Å². The summed E-state index contributed by atoms with van der Waals surface area (Å²) in [5, 5.41) is 0. The van der Waals surface area contributed by atoms with Crippen molar-refractivity contribution in [2.45, 2.75) is 60.5 Å². The zero-order chi connectivity index (χ0) is 14.7. The average Bonchev–Trinajstić information content (AvgIpc) is 2.16. The maximum Gasteiger partial charge on any atom is 0.697 e. The molecule has 0 saturated carbocycles. The highest BCUT2D eigenvalue weighted by Crippen LogP contribution is 2.21. The zero-order valence-corrected chi connectivity index (χ0v) is 13.5. The van der Waals surface area contributed by atoms with Gasteiger partial charge in [-0.1, -0.05) is 0 Å². The van der Waals surface area contributed by atoms with Crippen molar-refractivity contribution < 1.29 is 18.4 Å². The molecule has 0 atom stereocenters. The number of amides is 1. The highest BCUT2D eigenvalue weighted by atomic mass is 31.1. The van der Waals surface area contributed by atoms with Crippen LogP contribution in [0.25, 0.3) is 0 Å². The van der Waals surface area contributed by atoms with Gasteiger partial charge in [0.25, 0.3) is 0 Å². The molecular weight excluding hydrogens is 253 g/mol. The second-order valence-electron chi connectivity index (χ2n) is 4.17. The molecule has 18 heavy (non-hydrogen) atoms. The summed E-state index contributed by atoms with van der Waals surface area (Å²) in [6.07, 6.45) is 0. The topological polar surface area (TPSA) is 55.8 Å². The smallest absolute Gasteiger partial charge is 0.338 e. The lowest BCUT2D eigenvalue weighted by Gasteiger charge is -2.29. The largest absolute Gasteiger partial charge is 0.697 e. The summed E-state index contributed by atoms with van der Waals surface area (Å²) in [5.41, 5.74) is 0. The minimum atomic E-state index is -1.83. The average molecular weight is 280 g/mol. The SMILES string of the molecule is CC(=O)N(C(C)C)C(C)C.CCO[P+](=O)OCC. The molecule has 0 aromatic rings. The predicted octanol–water partition coefficient (Wildman–Crippen LogP) is 3.37. The Bertz CT molecular complexity index is 228. The highest BCUT2D eigenvalue weighted by Gasteiger charge is 2.16. The number of rotatable bonds is 6. The summed E-state index contributed by atoms with van der Waals surface area (Å²) >= 11 is 0. The molecule has 108 valence electrons. The summed E-state index contributed by atoms with van der Waals surface area (Å²) in [6.45, 7) is 14.1. The van der Waals surface area contributed by atoms with Crippen LogP contribution in [0.3, 0.4) is 0 Å². The maximum absolute atomic E-state index is 11.0. The van der Waals surface area contributed by atoms with Crippen molar-refractivity contribution in [1.82, 2.24) is 4.90 Å². The molecule has 5 nitrogen and oxygen atoms in total. The van der Waals surface area contributed by atoms with Gasteiger partial charge in [0.2, 0.25) is 5.91 Å². The molecule has 6 heteroatoms. The third-order valence-corrected chi connectivity index (χ3v) is 2.88. The van der Waals surface area contributed by atoms with Crippen molar-refractivity contribution in [3.63, 3.8) is 0 Å². The molecule has 0 aromatic heterocycles. The van der Waals surface area contributed by atoms with E-state index in [1.165, 1.54) is 0 Å². The van der Waals surface area contributed by atoms with E-state index in [4.69, 9.17) is 0 Å². The molecule has 0 rings (SSSR count). The molecule has 1 amide bonds. The monoisotopic (exact) mass is 280 g/mol. The standard InChI is InChI=1S/C8H17NO.C4H10O3P/c1-6(2)9(7(3)4)8(5)10;1-3-6-8(5)7-4-2/h6-7H,1-5H3;3-4H2,1-2H3/q;+1. The molecule has 0 aliphatic heterocycles. The summed E-state index contributed by atoms with van der Waals surface area (Å²) in [5.74, 6) is 0.157. The van der Waals surface area contributed by atoms with Crippen LogP contribution in [0.1, 0.15) is 48.5 Å². The van der Waals surface area contributed by atoms with Gasteiger partial charge >= 0.3 is 8.25 Å². The first-order valence-corrected chi connectivity index (χ1v) is 7.39. The lowest BCUT2D eigenvalue weighted by Crippen LogP contribution is -2.40. The van der Waals surface area contributed by atoms with Gasteiger partial charge < -0.3 is 4.90 Å². The Balaban J connectivity index is 0. The van der Waals surface area contributed by atoms with Crippen molar-refractivity contribution in [2.75, 3.05) is 13.2 Å². The van der Waals surface area contributed by atoms with Crippen molar-refractivity contribution >= 4 is 14.2 Å². The van der Waals surface area contributed by atoms with E-state index in [1.54, 1.807) is 20.8 Å². The van der Waals surface area contributed by atoms with Crippen LogP contribution >= 0.6 is 8.25 Å². The lowest BCUT2D eigenvalue weighted by atomic mass is 10.2. The first-order chi connectivity index (χ1) is 8.27. The molecule has 0 saturated heterocycles. The van der Waals surface area contributed by atoms with Crippen molar-refractivity contribution in [1.29, 1.82) is 0 Å². The van der Waals surface area contributed by atoms with Crippen LogP contribution in [0.5, 0.6) is 0 Å². The molecule has 0 aliphatic rings. The van der Waals surface area contributed by atoms with Crippen molar-refractivity contribution in [2.24, 2.45) is 0 Å². The van der Waals surface area contributed by atoms with E-state index in [2.05, 4.69) is 9.05 Å². The van der Waals surface area contributed by atoms with Crippen molar-refractivity contribution in [3.05, 3.63) is 0 Å². The fraction of sp³-hybridized carbons (Fsp3) is 0.917. The summed E-state index contributed by atoms with van der Waals surface area (Å²) in [6, 6.07) is 0.634. The highest BCUT2D eigenvalue weighted by molar-refractivity contribution is 7.33. The summed E-state index contributed by atoms with van der Waals surface area (Å²) in [4.78, 5) is 12.8. The van der Waals surface area contributed by atoms with E-state index in [0.717, 1.165) is 0 Å². The predicted molar refractivity (Wildman–Crippen MR) is 73.7 cm³/mol. The van der Waals surface area contributed by atoms with Crippen LogP contribution < -0.4 is 0 Å². The van der Waals surface area contributed by atoms with Crippen LogP contribution in [0, 0.1) is 0 Å². The molecule has 0 heterocycles. The first-order valence-electron chi connectivity index (χ1n) is 6.29. The van der Waals surface area contributed by atoms with Crippen LogP contribution in [-0.2, 0) is 18.4 Å². The summed E-state index contributed by atoms with van der Waals surface area (Å²) in [7, 11) is -1.83. The number of carbonyl (C=O) groups excluding carboxylic acids is 1. The molecule has 0 bridgehead atoms. The van der Waals surface area contributed by atoms with Gasteiger partial charge in [-0.25, -0.2) is 0 Å². The van der Waals surface area contributed by atoms with Gasteiger partial charge in [0.05, 0.1) is 0 Å². The quantitative estimate of drug-likeness (QED) is 0.700. The van der Waals surface area contributed by atoms with E-state index in [-0.39, 0.29) is 5.91 Å². The Morgan fingerprint density at radius 1 is 1.06 bits per heavy atom. The summed E-state index contributed by atoms with van der Waals surface area (Å²) < 4.78 is 19.5. The zero-order valence-electron chi connectivity index (χ0n) is 12.6. The van der Waals surface area contributed by atoms with Gasteiger partial charge in [-0.3, -0.25) is 4.79 Å². The van der Waals surface area contributed by atoms with E-state index in [9.17, 15) is 9.36 Å². The Morgan fingerprint density at radius 3 is 1.50 bits per heavy atom. The van der Waals surface area contributed by atoms with E-state index in [0.29, 0.717) is 25.3 Å². The molecule has 0 N–H and O–H groups in total. The van der Waals surface area contributed by atoms with Crippen LogP contribution in [0.2, 0.25) is 0 Å². The van der Waals surface area contributed by atoms with Crippen LogP contribution in [-0.4, -0.2) is 36.1 Å². The molecule has 0 aromatic carbocycles. The minimum absolute atomic E-state index is 0.157. The number of nitrogens with zero attached hydrogens (tertiary/aromatic N) is 1. The fourth-order valence-corrected chi connectivity index (χ4v) is 2.07. The van der Waals surface area contributed by atoms with E-state index >= 15 is 0 Å². The molecule has 0 fully saturated rings. The lowest BCUT2D eigenvalue weighted by molar-refractivity contribution is -0.132. The Kier molecular flexibility index (Phi) is 12.7. The number of carbonyl (C=O) groups is 1. The van der Waals surface area contributed by atoms with Gasteiger partial charge in [0.15, 0.2) is 0 Å². The second-order valence-corrected chi connectivity index (χ2v) is 5.14. The Labute approximate surface area is 112 Å². The third kappa shape index (κ3) is 10.6. The Morgan fingerprint density at radius 2 is 1.39 bits per heavy atom. The molecule has 0 unspecified atom stereocenters. The molecule has 0 aliphatic carbocycles. The number of hydrogen-bond donors (Lipinski definition) is 0. The molecule has 0 radical (unpaired) electrons. The van der Waals surface area contributed by atoms with Gasteiger partial charge in [-0.15, -0.1) is 9.05 Å². The number of hydrogen-bond acceptors (Lipinski definition) is 4. The first kappa shape index (κ1) is 19.8. The fourth-order valence-electron chi connectivity index (χ4n) is 1.57. The third-order valence-electron chi connectivity index (χ3n) is 1.95. The van der Waals surface area contributed by atoms with Gasteiger partial charge in [0, 0.05) is 23.6 Å². The maximum atomic E-state index is 11.0. The van der Waals surface area contributed by atoms with E-state index in [1.807, 2.05) is 32.6 Å².